The predicted molar refractivity (Wildman–Crippen MR) is 117 cm³/mol. The van der Waals surface area contributed by atoms with Crippen LogP contribution >= 0.6 is 11.6 Å². The third-order valence-electron chi connectivity index (χ3n) is 4.34. The van der Waals surface area contributed by atoms with Gasteiger partial charge in [-0.25, -0.2) is 19.9 Å². The number of benzene rings is 1. The average molecular weight is 437 g/mol. The quantitative estimate of drug-likeness (QED) is 0.243. The van der Waals surface area contributed by atoms with E-state index in [1.165, 1.54) is 12.3 Å². The van der Waals surface area contributed by atoms with Crippen LogP contribution in [0.5, 0.6) is 0 Å². The Labute approximate surface area is 182 Å². The van der Waals surface area contributed by atoms with Crippen LogP contribution in [0.2, 0.25) is 5.02 Å². The van der Waals surface area contributed by atoms with Gasteiger partial charge in [-0.1, -0.05) is 23.7 Å². The van der Waals surface area contributed by atoms with Crippen LogP contribution in [-0.4, -0.2) is 42.5 Å². The van der Waals surface area contributed by atoms with Crippen LogP contribution in [0.15, 0.2) is 67.5 Å². The molecule has 0 aliphatic rings. The molecule has 0 aliphatic carbocycles. The molecule has 0 saturated heterocycles. The minimum atomic E-state index is -0.485. The molecule has 0 bridgehead atoms. The zero-order valence-electron chi connectivity index (χ0n) is 16.1. The molecule has 4 aromatic rings. The number of imidazole rings is 1. The average Bonchev–Trinajstić information content (AvgIpc) is 3.32. The molecule has 0 atom stereocenters. The van der Waals surface area contributed by atoms with Gasteiger partial charge in [-0.2, -0.15) is 0 Å². The number of rotatable bonds is 8. The van der Waals surface area contributed by atoms with Crippen LogP contribution in [0, 0.1) is 10.1 Å². The summed E-state index contributed by atoms with van der Waals surface area (Å²) < 4.78 is 1.84. The summed E-state index contributed by atoms with van der Waals surface area (Å²) in [5, 5.41) is 17.6. The Morgan fingerprint density at radius 2 is 1.84 bits per heavy atom. The SMILES string of the molecule is O=[N+]([O-])c1ccc(NCCNc2ncc(-n3ccnc3)c(-c3ccc(Cl)cc3)n2)nc1. The lowest BCUT2D eigenvalue weighted by Crippen LogP contribution is -2.16. The first-order valence-electron chi connectivity index (χ1n) is 9.29. The monoisotopic (exact) mass is 436 g/mol. The zero-order chi connectivity index (χ0) is 21.6. The van der Waals surface area contributed by atoms with Gasteiger partial charge in [-0.3, -0.25) is 10.1 Å². The maximum absolute atomic E-state index is 10.7. The molecular weight excluding hydrogens is 420 g/mol. The van der Waals surface area contributed by atoms with Crippen LogP contribution in [-0.2, 0) is 0 Å². The highest BCUT2D eigenvalue weighted by molar-refractivity contribution is 6.30. The van der Waals surface area contributed by atoms with E-state index in [4.69, 9.17) is 11.6 Å². The van der Waals surface area contributed by atoms with Gasteiger partial charge in [0, 0.05) is 42.1 Å². The first-order valence-corrected chi connectivity index (χ1v) is 9.67. The Hall–Kier alpha value is -4.05. The van der Waals surface area contributed by atoms with E-state index in [2.05, 4.69) is 30.6 Å². The molecule has 3 heterocycles. The van der Waals surface area contributed by atoms with Crippen molar-refractivity contribution in [2.75, 3.05) is 23.7 Å². The molecule has 11 heteroatoms. The van der Waals surface area contributed by atoms with Crippen molar-refractivity contribution in [2.24, 2.45) is 0 Å². The maximum atomic E-state index is 10.7. The van der Waals surface area contributed by atoms with Crippen molar-refractivity contribution in [3.05, 3.63) is 82.6 Å². The summed E-state index contributed by atoms with van der Waals surface area (Å²) in [4.78, 5) is 27.4. The smallest absolute Gasteiger partial charge is 0.287 e. The van der Waals surface area contributed by atoms with Gasteiger partial charge in [0.15, 0.2) is 0 Å². The molecule has 0 amide bonds. The van der Waals surface area contributed by atoms with E-state index in [-0.39, 0.29) is 5.69 Å². The fourth-order valence-electron chi connectivity index (χ4n) is 2.83. The number of aromatic nitrogens is 5. The number of hydrogen-bond donors (Lipinski definition) is 2. The summed E-state index contributed by atoms with van der Waals surface area (Å²) in [5.74, 6) is 1.01. The summed E-state index contributed by atoms with van der Waals surface area (Å²) in [6, 6.07) is 10.4. The Morgan fingerprint density at radius 1 is 1.03 bits per heavy atom. The second kappa shape index (κ2) is 9.18. The lowest BCUT2D eigenvalue weighted by Gasteiger charge is -2.12. The molecule has 0 saturated carbocycles. The van der Waals surface area contributed by atoms with Crippen molar-refractivity contribution >= 4 is 29.1 Å². The topological polar surface area (TPSA) is 124 Å². The summed E-state index contributed by atoms with van der Waals surface area (Å²) in [6.45, 7) is 1.04. The van der Waals surface area contributed by atoms with Crippen LogP contribution in [0.4, 0.5) is 17.5 Å². The highest BCUT2D eigenvalue weighted by atomic mass is 35.5. The minimum absolute atomic E-state index is 0.0511. The normalized spacial score (nSPS) is 10.6. The number of halogens is 1. The fraction of sp³-hybridized carbons (Fsp3) is 0.100. The first kappa shape index (κ1) is 20.2. The number of nitro groups is 1. The van der Waals surface area contributed by atoms with E-state index in [1.54, 1.807) is 24.8 Å². The Bertz CT molecular complexity index is 1170. The van der Waals surface area contributed by atoms with E-state index in [1.807, 2.05) is 35.0 Å². The zero-order valence-corrected chi connectivity index (χ0v) is 16.9. The van der Waals surface area contributed by atoms with Gasteiger partial charge < -0.3 is 15.2 Å². The maximum Gasteiger partial charge on any atom is 0.287 e. The predicted octanol–water partition coefficient (Wildman–Crippen LogP) is 3.81. The molecule has 0 radical (unpaired) electrons. The molecule has 0 aliphatic heterocycles. The first-order chi connectivity index (χ1) is 15.1. The van der Waals surface area contributed by atoms with Gasteiger partial charge in [-0.15, -0.1) is 0 Å². The number of nitrogens with zero attached hydrogens (tertiary/aromatic N) is 6. The Balaban J connectivity index is 1.45. The van der Waals surface area contributed by atoms with Crippen molar-refractivity contribution in [3.8, 4) is 16.9 Å². The van der Waals surface area contributed by atoms with Crippen LogP contribution in [0.1, 0.15) is 0 Å². The lowest BCUT2D eigenvalue weighted by molar-refractivity contribution is -0.385. The van der Waals surface area contributed by atoms with E-state index in [0.29, 0.717) is 29.9 Å². The van der Waals surface area contributed by atoms with Crippen molar-refractivity contribution in [1.82, 2.24) is 24.5 Å². The van der Waals surface area contributed by atoms with Gasteiger partial charge in [0.1, 0.15) is 12.0 Å². The molecule has 0 spiro atoms. The number of pyridine rings is 1. The number of hydrogen-bond acceptors (Lipinski definition) is 8. The highest BCUT2D eigenvalue weighted by Crippen LogP contribution is 2.26. The molecule has 0 fully saturated rings. The largest absolute Gasteiger partial charge is 0.368 e. The summed E-state index contributed by atoms with van der Waals surface area (Å²) in [5.41, 5.74) is 2.37. The van der Waals surface area contributed by atoms with Crippen molar-refractivity contribution in [1.29, 1.82) is 0 Å². The van der Waals surface area contributed by atoms with Gasteiger partial charge in [0.2, 0.25) is 5.95 Å². The fourth-order valence-corrected chi connectivity index (χ4v) is 2.96. The van der Waals surface area contributed by atoms with Gasteiger partial charge >= 0.3 is 0 Å². The van der Waals surface area contributed by atoms with Crippen molar-refractivity contribution in [2.45, 2.75) is 0 Å². The summed E-state index contributed by atoms with van der Waals surface area (Å²) in [7, 11) is 0. The second-order valence-corrected chi connectivity index (χ2v) is 6.85. The second-order valence-electron chi connectivity index (χ2n) is 6.42. The molecule has 156 valence electrons. The lowest BCUT2D eigenvalue weighted by atomic mass is 10.1. The minimum Gasteiger partial charge on any atom is -0.368 e. The number of anilines is 2. The Morgan fingerprint density at radius 3 is 2.52 bits per heavy atom. The standard InChI is InChI=1S/C20H17ClN8O2/c21-15-3-1-14(2-4-15)19-17(28-10-9-22-13-28)12-26-20(27-19)24-8-7-23-18-6-5-16(11-25-18)29(30)31/h1-6,9-13H,7-8H2,(H,23,25)(H,24,26,27). The van der Waals surface area contributed by atoms with E-state index in [0.717, 1.165) is 16.9 Å². The molecule has 1 aromatic carbocycles. The van der Waals surface area contributed by atoms with Gasteiger partial charge in [0.05, 0.1) is 28.8 Å². The Kier molecular flexibility index (Phi) is 5.99. The molecular formula is C20H17ClN8O2. The summed E-state index contributed by atoms with van der Waals surface area (Å²) >= 11 is 6.02. The molecule has 2 N–H and O–H groups in total. The summed E-state index contributed by atoms with van der Waals surface area (Å²) in [6.07, 6.45) is 8.15. The molecule has 10 nitrogen and oxygen atoms in total. The number of nitrogens with one attached hydrogen (secondary N) is 2. The van der Waals surface area contributed by atoms with Crippen molar-refractivity contribution < 1.29 is 4.92 Å². The van der Waals surface area contributed by atoms with Crippen molar-refractivity contribution in [3.63, 3.8) is 0 Å². The van der Waals surface area contributed by atoms with Crippen LogP contribution in [0.3, 0.4) is 0 Å². The van der Waals surface area contributed by atoms with Crippen LogP contribution in [0.25, 0.3) is 16.9 Å². The van der Waals surface area contributed by atoms with E-state index >= 15 is 0 Å². The highest BCUT2D eigenvalue weighted by Gasteiger charge is 2.12. The third kappa shape index (κ3) is 4.93. The molecule has 3 aromatic heterocycles. The van der Waals surface area contributed by atoms with E-state index < -0.39 is 4.92 Å². The molecule has 31 heavy (non-hydrogen) atoms. The van der Waals surface area contributed by atoms with Crippen LogP contribution < -0.4 is 10.6 Å². The molecule has 4 rings (SSSR count). The third-order valence-corrected chi connectivity index (χ3v) is 4.59. The van der Waals surface area contributed by atoms with Gasteiger partial charge in [0.25, 0.3) is 5.69 Å². The van der Waals surface area contributed by atoms with Gasteiger partial charge in [-0.05, 0) is 18.2 Å². The molecule has 0 unspecified atom stereocenters. The van der Waals surface area contributed by atoms with E-state index in [9.17, 15) is 10.1 Å².